The lowest BCUT2D eigenvalue weighted by atomic mass is 10.2. The van der Waals surface area contributed by atoms with Gasteiger partial charge in [0.1, 0.15) is 5.69 Å². The highest BCUT2D eigenvalue weighted by atomic mass is 35.5. The quantitative estimate of drug-likeness (QED) is 0.608. The summed E-state index contributed by atoms with van der Waals surface area (Å²) in [5, 5.41) is 6.70. The highest BCUT2D eigenvalue weighted by molar-refractivity contribution is 6.31. The minimum absolute atomic E-state index is 0.276. The Kier molecular flexibility index (Phi) is 6.01. The third kappa shape index (κ3) is 4.53. The Morgan fingerprint density at radius 1 is 0.929 bits per heavy atom. The Morgan fingerprint density at radius 3 is 2.36 bits per heavy atom. The van der Waals surface area contributed by atoms with Gasteiger partial charge in [0.05, 0.1) is 14.2 Å². The fourth-order valence-electron chi connectivity index (χ4n) is 2.58. The van der Waals surface area contributed by atoms with Gasteiger partial charge in [0.15, 0.2) is 11.5 Å². The van der Waals surface area contributed by atoms with Crippen molar-refractivity contribution in [3.05, 3.63) is 71.0 Å². The van der Waals surface area contributed by atoms with Gasteiger partial charge in [-0.3, -0.25) is 9.78 Å². The zero-order chi connectivity index (χ0) is 20.1. The number of hydrogen-bond donors (Lipinski definition) is 2. The zero-order valence-corrected chi connectivity index (χ0v) is 16.5. The molecule has 1 amide bonds. The second-order valence-corrected chi connectivity index (χ2v) is 6.45. The van der Waals surface area contributed by atoms with Crippen molar-refractivity contribution in [1.29, 1.82) is 0 Å². The summed E-state index contributed by atoms with van der Waals surface area (Å²) >= 11 is 6.16. The van der Waals surface area contributed by atoms with Gasteiger partial charge in [-0.05, 0) is 48.9 Å². The van der Waals surface area contributed by atoms with Crippen LogP contribution in [0.4, 0.5) is 17.1 Å². The molecule has 0 spiro atoms. The third-order valence-corrected chi connectivity index (χ3v) is 4.50. The molecular formula is C21H20ClN3O3. The number of aryl methyl sites for hydroxylation is 1. The first kappa shape index (κ1) is 19.5. The maximum atomic E-state index is 12.6. The number of pyridine rings is 1. The lowest BCUT2D eigenvalue weighted by Gasteiger charge is -2.11. The van der Waals surface area contributed by atoms with Crippen molar-refractivity contribution in [2.45, 2.75) is 6.92 Å². The number of benzene rings is 2. The number of rotatable bonds is 6. The van der Waals surface area contributed by atoms with Crippen LogP contribution in [0.3, 0.4) is 0 Å². The van der Waals surface area contributed by atoms with E-state index < -0.39 is 0 Å². The number of hydrogen-bond acceptors (Lipinski definition) is 5. The van der Waals surface area contributed by atoms with Crippen molar-refractivity contribution >= 4 is 34.6 Å². The van der Waals surface area contributed by atoms with Crippen LogP contribution < -0.4 is 20.1 Å². The first-order chi connectivity index (χ1) is 13.5. The van der Waals surface area contributed by atoms with E-state index in [2.05, 4.69) is 15.6 Å². The van der Waals surface area contributed by atoms with Gasteiger partial charge < -0.3 is 20.1 Å². The first-order valence-corrected chi connectivity index (χ1v) is 8.90. The number of methoxy groups -OCH3 is 2. The Bertz CT molecular complexity index is 1010. The molecule has 1 heterocycles. The van der Waals surface area contributed by atoms with Crippen LogP contribution in [0.1, 0.15) is 16.1 Å². The van der Waals surface area contributed by atoms with Gasteiger partial charge in [-0.2, -0.15) is 0 Å². The van der Waals surface area contributed by atoms with Gasteiger partial charge in [0.25, 0.3) is 5.91 Å². The van der Waals surface area contributed by atoms with Crippen LogP contribution in [0.5, 0.6) is 11.5 Å². The van der Waals surface area contributed by atoms with Crippen LogP contribution >= 0.6 is 11.6 Å². The number of halogens is 1. The molecule has 6 nitrogen and oxygen atoms in total. The minimum Gasteiger partial charge on any atom is -0.493 e. The number of carbonyl (C=O) groups excluding carboxylic acids is 1. The topological polar surface area (TPSA) is 72.5 Å². The van der Waals surface area contributed by atoms with E-state index in [1.165, 1.54) is 7.11 Å². The van der Waals surface area contributed by atoms with Crippen molar-refractivity contribution in [3.63, 3.8) is 0 Å². The van der Waals surface area contributed by atoms with Crippen molar-refractivity contribution in [2.24, 2.45) is 0 Å². The highest BCUT2D eigenvalue weighted by Crippen LogP contribution is 2.30. The van der Waals surface area contributed by atoms with E-state index in [0.29, 0.717) is 22.2 Å². The summed E-state index contributed by atoms with van der Waals surface area (Å²) < 4.78 is 10.5. The molecule has 0 aliphatic rings. The maximum Gasteiger partial charge on any atom is 0.274 e. The molecule has 144 valence electrons. The van der Waals surface area contributed by atoms with E-state index in [4.69, 9.17) is 21.1 Å². The first-order valence-electron chi connectivity index (χ1n) is 8.53. The molecule has 0 bridgehead atoms. The number of carbonyl (C=O) groups is 1. The summed E-state index contributed by atoms with van der Waals surface area (Å²) in [4.78, 5) is 16.7. The van der Waals surface area contributed by atoms with Crippen LogP contribution in [0.25, 0.3) is 0 Å². The Hall–Kier alpha value is -3.25. The van der Waals surface area contributed by atoms with Gasteiger partial charge in [0.2, 0.25) is 0 Å². The molecule has 0 atom stereocenters. The van der Waals surface area contributed by atoms with Crippen LogP contribution in [0.15, 0.2) is 54.7 Å². The summed E-state index contributed by atoms with van der Waals surface area (Å²) in [6.07, 6.45) is 1.57. The molecule has 0 fully saturated rings. The molecular weight excluding hydrogens is 378 g/mol. The minimum atomic E-state index is -0.335. The normalized spacial score (nSPS) is 10.3. The molecule has 0 saturated heterocycles. The van der Waals surface area contributed by atoms with Crippen LogP contribution in [-0.4, -0.2) is 25.1 Å². The predicted octanol–water partition coefficient (Wildman–Crippen LogP) is 5.06. The Balaban J connectivity index is 1.76. The second kappa shape index (κ2) is 8.63. The number of amides is 1. The van der Waals surface area contributed by atoms with Gasteiger partial charge in [-0.15, -0.1) is 0 Å². The van der Waals surface area contributed by atoms with Crippen LogP contribution in [0.2, 0.25) is 5.02 Å². The number of ether oxygens (including phenoxy) is 2. The zero-order valence-electron chi connectivity index (χ0n) is 15.7. The van der Waals surface area contributed by atoms with Gasteiger partial charge >= 0.3 is 0 Å². The number of nitrogens with zero attached hydrogens (tertiary/aromatic N) is 1. The largest absolute Gasteiger partial charge is 0.493 e. The Morgan fingerprint density at radius 2 is 1.64 bits per heavy atom. The molecule has 1 aromatic heterocycles. The molecule has 0 aliphatic carbocycles. The molecule has 0 aliphatic heterocycles. The molecule has 7 heteroatoms. The van der Waals surface area contributed by atoms with Crippen molar-refractivity contribution in [2.75, 3.05) is 24.9 Å². The monoisotopic (exact) mass is 397 g/mol. The smallest absolute Gasteiger partial charge is 0.274 e. The molecule has 28 heavy (non-hydrogen) atoms. The third-order valence-electron chi connectivity index (χ3n) is 4.09. The van der Waals surface area contributed by atoms with Crippen molar-refractivity contribution < 1.29 is 14.3 Å². The maximum absolute atomic E-state index is 12.6. The van der Waals surface area contributed by atoms with E-state index in [1.807, 2.05) is 25.1 Å². The summed E-state index contributed by atoms with van der Waals surface area (Å²) in [6, 6.07) is 14.3. The van der Waals surface area contributed by atoms with Crippen LogP contribution in [0, 0.1) is 6.92 Å². The summed E-state index contributed by atoms with van der Waals surface area (Å²) in [5.74, 6) is 0.777. The average molecular weight is 398 g/mol. The average Bonchev–Trinajstić information content (AvgIpc) is 2.71. The molecule has 2 aromatic carbocycles. The molecule has 2 N–H and O–H groups in total. The predicted molar refractivity (Wildman–Crippen MR) is 111 cm³/mol. The number of nitrogens with one attached hydrogen (secondary N) is 2. The molecule has 0 saturated carbocycles. The number of aromatic nitrogens is 1. The Labute approximate surface area is 168 Å². The van der Waals surface area contributed by atoms with E-state index in [0.717, 1.165) is 16.9 Å². The lowest BCUT2D eigenvalue weighted by Crippen LogP contribution is -2.14. The SMILES string of the molecule is COc1ccc(NC(=O)c2cc(Nc3ccc(C)c(Cl)c3)ccn2)cc1OC. The van der Waals surface area contributed by atoms with Gasteiger partial charge in [-0.25, -0.2) is 0 Å². The fraction of sp³-hybridized carbons (Fsp3) is 0.143. The lowest BCUT2D eigenvalue weighted by molar-refractivity contribution is 0.102. The van der Waals surface area contributed by atoms with E-state index in [9.17, 15) is 4.79 Å². The highest BCUT2D eigenvalue weighted by Gasteiger charge is 2.11. The molecule has 3 aromatic rings. The van der Waals surface area contributed by atoms with Crippen molar-refractivity contribution in [3.8, 4) is 11.5 Å². The fourth-order valence-corrected chi connectivity index (χ4v) is 2.76. The number of anilines is 3. The summed E-state index contributed by atoms with van der Waals surface area (Å²) in [6.45, 7) is 1.94. The van der Waals surface area contributed by atoms with E-state index in [-0.39, 0.29) is 11.6 Å². The van der Waals surface area contributed by atoms with Crippen LogP contribution in [-0.2, 0) is 0 Å². The van der Waals surface area contributed by atoms with Gasteiger partial charge in [0, 0.05) is 34.3 Å². The summed E-state index contributed by atoms with van der Waals surface area (Å²) in [5.41, 5.74) is 3.41. The second-order valence-electron chi connectivity index (χ2n) is 6.04. The van der Waals surface area contributed by atoms with E-state index in [1.54, 1.807) is 43.6 Å². The van der Waals surface area contributed by atoms with E-state index >= 15 is 0 Å². The standard InChI is InChI=1S/C21H20ClN3O3/c1-13-4-5-14(10-17(13)22)24-16-8-9-23-18(11-16)21(26)25-15-6-7-19(27-2)20(12-15)28-3/h4-12H,1-3H3,(H,23,24)(H,25,26). The molecule has 0 radical (unpaired) electrons. The summed E-state index contributed by atoms with van der Waals surface area (Å²) in [7, 11) is 3.09. The molecule has 3 rings (SSSR count). The molecule has 0 unspecified atom stereocenters. The van der Waals surface area contributed by atoms with Crippen molar-refractivity contribution in [1.82, 2.24) is 4.98 Å². The van der Waals surface area contributed by atoms with Gasteiger partial charge in [-0.1, -0.05) is 17.7 Å².